The van der Waals surface area contributed by atoms with Crippen LogP contribution >= 0.6 is 0 Å². The Hall–Kier alpha value is -1.37. The molecular formula is C14H19NO2. The molecule has 3 nitrogen and oxygen atoms in total. The highest BCUT2D eigenvalue weighted by Crippen LogP contribution is 2.25. The summed E-state index contributed by atoms with van der Waals surface area (Å²) in [4.78, 5) is 0. The summed E-state index contributed by atoms with van der Waals surface area (Å²) in [5.41, 5.74) is 0.760. The first-order valence-corrected chi connectivity index (χ1v) is 5.68. The molecule has 0 aliphatic rings. The van der Waals surface area contributed by atoms with Crippen LogP contribution in [0.3, 0.4) is 0 Å². The SMILES string of the molecule is CC(C)(C)[C@H](OCc1ccccc1)[C@@H](O)C#N. The summed E-state index contributed by atoms with van der Waals surface area (Å²) in [6, 6.07) is 11.6. The quantitative estimate of drug-likeness (QED) is 0.813. The number of ether oxygens (including phenoxy) is 1. The predicted octanol–water partition coefficient (Wildman–Crippen LogP) is 2.50. The van der Waals surface area contributed by atoms with Crippen molar-refractivity contribution in [3.05, 3.63) is 35.9 Å². The van der Waals surface area contributed by atoms with Crippen LogP contribution in [0.25, 0.3) is 0 Å². The first-order valence-electron chi connectivity index (χ1n) is 5.68. The van der Waals surface area contributed by atoms with Gasteiger partial charge in [0.15, 0.2) is 6.10 Å². The Morgan fingerprint density at radius 2 is 1.88 bits per heavy atom. The third kappa shape index (κ3) is 4.18. The summed E-state index contributed by atoms with van der Waals surface area (Å²) >= 11 is 0. The zero-order valence-electron chi connectivity index (χ0n) is 10.6. The monoisotopic (exact) mass is 233 g/mol. The van der Waals surface area contributed by atoms with Gasteiger partial charge in [0.2, 0.25) is 0 Å². The van der Waals surface area contributed by atoms with E-state index in [0.717, 1.165) is 5.56 Å². The lowest BCUT2D eigenvalue weighted by Crippen LogP contribution is -2.39. The average molecular weight is 233 g/mol. The third-order valence-electron chi connectivity index (χ3n) is 2.54. The summed E-state index contributed by atoms with van der Waals surface area (Å²) in [5.74, 6) is 0. The number of hydrogen-bond acceptors (Lipinski definition) is 3. The minimum atomic E-state index is -1.10. The van der Waals surface area contributed by atoms with Gasteiger partial charge in [-0.15, -0.1) is 0 Å². The number of aliphatic hydroxyl groups is 1. The lowest BCUT2D eigenvalue weighted by Gasteiger charge is -2.31. The molecule has 0 heterocycles. The summed E-state index contributed by atoms with van der Waals surface area (Å²) < 4.78 is 5.67. The molecule has 2 atom stereocenters. The molecule has 1 aromatic carbocycles. The zero-order chi connectivity index (χ0) is 12.9. The topological polar surface area (TPSA) is 53.2 Å². The van der Waals surface area contributed by atoms with Gasteiger partial charge in [-0.05, 0) is 11.0 Å². The maximum Gasteiger partial charge on any atom is 0.167 e. The fraction of sp³-hybridized carbons (Fsp3) is 0.500. The van der Waals surface area contributed by atoms with E-state index in [1.165, 1.54) is 0 Å². The van der Waals surface area contributed by atoms with E-state index in [-0.39, 0.29) is 5.41 Å². The van der Waals surface area contributed by atoms with E-state index in [0.29, 0.717) is 6.61 Å². The number of benzene rings is 1. The largest absolute Gasteiger partial charge is 0.375 e. The first-order chi connectivity index (χ1) is 7.95. The summed E-state index contributed by atoms with van der Waals surface area (Å²) in [5, 5.41) is 18.4. The van der Waals surface area contributed by atoms with Gasteiger partial charge in [-0.2, -0.15) is 5.26 Å². The molecule has 3 heteroatoms. The standard InChI is InChI=1S/C14H19NO2/c1-14(2,3)13(12(16)9-15)17-10-11-7-5-4-6-8-11/h4-8,12-13,16H,10H2,1-3H3/t12-,13+/m0/s1. The average Bonchev–Trinajstić information content (AvgIpc) is 2.28. The van der Waals surface area contributed by atoms with Gasteiger partial charge in [0.25, 0.3) is 0 Å². The molecule has 1 rings (SSSR count). The molecule has 0 amide bonds. The molecule has 1 N–H and O–H groups in total. The number of nitrogens with zero attached hydrogens (tertiary/aromatic N) is 1. The molecular weight excluding hydrogens is 214 g/mol. The number of aliphatic hydroxyl groups excluding tert-OH is 1. The van der Waals surface area contributed by atoms with Gasteiger partial charge in [-0.3, -0.25) is 0 Å². The van der Waals surface area contributed by atoms with Gasteiger partial charge in [0.1, 0.15) is 6.10 Å². The van der Waals surface area contributed by atoms with Crippen LogP contribution in [0, 0.1) is 16.7 Å². The minimum absolute atomic E-state index is 0.274. The van der Waals surface area contributed by atoms with E-state index in [1.807, 2.05) is 57.2 Å². The van der Waals surface area contributed by atoms with Crippen LogP contribution in [0.2, 0.25) is 0 Å². The Labute approximate surface area is 103 Å². The second-order valence-electron chi connectivity index (χ2n) is 5.16. The Morgan fingerprint density at radius 3 is 2.35 bits per heavy atom. The second-order valence-corrected chi connectivity index (χ2v) is 5.16. The van der Waals surface area contributed by atoms with Gasteiger partial charge in [-0.1, -0.05) is 51.1 Å². The third-order valence-corrected chi connectivity index (χ3v) is 2.54. The second kappa shape index (κ2) is 5.81. The van der Waals surface area contributed by atoms with E-state index < -0.39 is 12.2 Å². The molecule has 17 heavy (non-hydrogen) atoms. The highest BCUT2D eigenvalue weighted by atomic mass is 16.5. The highest BCUT2D eigenvalue weighted by molar-refractivity contribution is 5.13. The minimum Gasteiger partial charge on any atom is -0.375 e. The van der Waals surface area contributed by atoms with Crippen molar-refractivity contribution < 1.29 is 9.84 Å². The molecule has 0 aliphatic heterocycles. The van der Waals surface area contributed by atoms with E-state index in [2.05, 4.69) is 0 Å². The predicted molar refractivity (Wildman–Crippen MR) is 66.1 cm³/mol. The van der Waals surface area contributed by atoms with Crippen molar-refractivity contribution >= 4 is 0 Å². The van der Waals surface area contributed by atoms with Crippen molar-refractivity contribution in [2.24, 2.45) is 5.41 Å². The Morgan fingerprint density at radius 1 is 1.29 bits per heavy atom. The lowest BCUT2D eigenvalue weighted by atomic mass is 9.86. The molecule has 1 aromatic rings. The Balaban J connectivity index is 2.66. The molecule has 0 saturated carbocycles. The van der Waals surface area contributed by atoms with Crippen molar-refractivity contribution in [1.82, 2.24) is 0 Å². The number of hydrogen-bond donors (Lipinski definition) is 1. The van der Waals surface area contributed by atoms with Crippen LogP contribution in [0.15, 0.2) is 30.3 Å². The van der Waals surface area contributed by atoms with Crippen LogP contribution in [0.4, 0.5) is 0 Å². The van der Waals surface area contributed by atoms with Crippen LogP contribution in [0.1, 0.15) is 26.3 Å². The molecule has 0 aliphatic carbocycles. The molecule has 0 saturated heterocycles. The smallest absolute Gasteiger partial charge is 0.167 e. The van der Waals surface area contributed by atoms with Crippen molar-refractivity contribution in [3.8, 4) is 6.07 Å². The highest BCUT2D eigenvalue weighted by Gasteiger charge is 2.32. The molecule has 0 aromatic heterocycles. The zero-order valence-corrected chi connectivity index (χ0v) is 10.6. The molecule has 0 bridgehead atoms. The normalized spacial score (nSPS) is 15.0. The van der Waals surface area contributed by atoms with Crippen LogP contribution in [0.5, 0.6) is 0 Å². The van der Waals surface area contributed by atoms with Gasteiger partial charge in [0.05, 0.1) is 12.7 Å². The maximum atomic E-state index is 9.65. The molecule has 0 fully saturated rings. The summed E-state index contributed by atoms with van der Waals surface area (Å²) in [7, 11) is 0. The molecule has 0 radical (unpaired) electrons. The summed E-state index contributed by atoms with van der Waals surface area (Å²) in [6.07, 6.45) is -1.59. The van der Waals surface area contributed by atoms with Crippen molar-refractivity contribution in [2.45, 2.75) is 39.6 Å². The van der Waals surface area contributed by atoms with Crippen LogP contribution < -0.4 is 0 Å². The van der Waals surface area contributed by atoms with E-state index in [1.54, 1.807) is 0 Å². The van der Waals surface area contributed by atoms with Crippen molar-refractivity contribution in [3.63, 3.8) is 0 Å². The van der Waals surface area contributed by atoms with E-state index in [4.69, 9.17) is 10.00 Å². The van der Waals surface area contributed by atoms with E-state index >= 15 is 0 Å². The van der Waals surface area contributed by atoms with Crippen molar-refractivity contribution in [2.75, 3.05) is 0 Å². The first kappa shape index (κ1) is 13.7. The van der Waals surface area contributed by atoms with Gasteiger partial charge in [0, 0.05) is 0 Å². The maximum absolute atomic E-state index is 9.65. The number of nitriles is 1. The lowest BCUT2D eigenvalue weighted by molar-refractivity contribution is -0.0809. The molecule has 0 spiro atoms. The molecule has 92 valence electrons. The van der Waals surface area contributed by atoms with E-state index in [9.17, 15) is 5.11 Å². The van der Waals surface area contributed by atoms with Crippen LogP contribution in [-0.4, -0.2) is 17.3 Å². The van der Waals surface area contributed by atoms with Gasteiger partial charge < -0.3 is 9.84 Å². The Bertz CT molecular complexity index is 375. The van der Waals surface area contributed by atoms with Crippen LogP contribution in [-0.2, 0) is 11.3 Å². The molecule has 0 unspecified atom stereocenters. The number of rotatable bonds is 4. The Kier molecular flexibility index (Phi) is 4.68. The van der Waals surface area contributed by atoms with Crippen molar-refractivity contribution in [1.29, 1.82) is 5.26 Å². The van der Waals surface area contributed by atoms with Gasteiger partial charge in [-0.25, -0.2) is 0 Å². The summed E-state index contributed by atoms with van der Waals surface area (Å²) in [6.45, 7) is 6.25. The van der Waals surface area contributed by atoms with Gasteiger partial charge >= 0.3 is 0 Å². The fourth-order valence-corrected chi connectivity index (χ4v) is 1.64. The fourth-order valence-electron chi connectivity index (χ4n) is 1.64.